The molecule has 2 rings (SSSR count). The van der Waals surface area contributed by atoms with Gasteiger partial charge in [0.05, 0.1) is 0 Å². The van der Waals surface area contributed by atoms with Crippen molar-refractivity contribution in [3.8, 4) is 0 Å². The zero-order valence-corrected chi connectivity index (χ0v) is 12.5. The number of rotatable bonds is 5. The lowest BCUT2D eigenvalue weighted by atomic mass is 10.1. The molecule has 2 atom stereocenters. The van der Waals surface area contributed by atoms with Gasteiger partial charge in [-0.15, -0.1) is 0 Å². The quantitative estimate of drug-likeness (QED) is 0.870. The van der Waals surface area contributed by atoms with Crippen LogP contribution < -0.4 is 10.2 Å². The first-order chi connectivity index (χ1) is 8.74. The Balaban J connectivity index is 1.99. The van der Waals surface area contributed by atoms with Crippen LogP contribution in [-0.4, -0.2) is 30.1 Å². The number of nitrogens with zero attached hydrogens (tertiary/aromatic N) is 1. The summed E-state index contributed by atoms with van der Waals surface area (Å²) in [6.07, 6.45) is 1.28. The molecule has 1 aromatic rings. The van der Waals surface area contributed by atoms with Gasteiger partial charge in [0, 0.05) is 35.8 Å². The Kier molecular flexibility index (Phi) is 4.81. The lowest BCUT2D eigenvalue weighted by Crippen LogP contribution is -2.25. The first kappa shape index (κ1) is 13.6. The fourth-order valence-electron chi connectivity index (χ4n) is 2.49. The smallest absolute Gasteiger partial charge is 0.0385 e. The van der Waals surface area contributed by atoms with E-state index in [1.165, 1.54) is 23.5 Å². The molecule has 0 aliphatic carbocycles. The van der Waals surface area contributed by atoms with Gasteiger partial charge in [-0.2, -0.15) is 11.8 Å². The van der Waals surface area contributed by atoms with Gasteiger partial charge in [-0.05, 0) is 50.3 Å². The molecule has 2 unspecified atom stereocenters. The van der Waals surface area contributed by atoms with Crippen LogP contribution in [0.5, 0.6) is 0 Å². The number of anilines is 2. The molecule has 1 fully saturated rings. The zero-order valence-electron chi connectivity index (χ0n) is 11.6. The minimum atomic E-state index is 0.634. The van der Waals surface area contributed by atoms with Gasteiger partial charge in [-0.1, -0.05) is 6.92 Å². The van der Waals surface area contributed by atoms with Gasteiger partial charge in [0.25, 0.3) is 0 Å². The normalized spacial score (nSPS) is 23.1. The summed E-state index contributed by atoms with van der Waals surface area (Å²) in [7, 11) is 0. The Morgan fingerprint density at radius 3 is 2.39 bits per heavy atom. The van der Waals surface area contributed by atoms with Gasteiger partial charge < -0.3 is 10.2 Å². The van der Waals surface area contributed by atoms with Crippen LogP contribution in [0.4, 0.5) is 11.4 Å². The van der Waals surface area contributed by atoms with E-state index in [4.69, 9.17) is 0 Å². The number of hydrogen-bond acceptors (Lipinski definition) is 3. The van der Waals surface area contributed by atoms with Crippen molar-refractivity contribution < 1.29 is 0 Å². The molecule has 1 aliphatic rings. The summed E-state index contributed by atoms with van der Waals surface area (Å²) < 4.78 is 0. The van der Waals surface area contributed by atoms with E-state index in [1.54, 1.807) is 0 Å². The first-order valence-corrected chi connectivity index (χ1v) is 8.02. The molecule has 100 valence electrons. The van der Waals surface area contributed by atoms with Crippen LogP contribution in [-0.2, 0) is 0 Å². The zero-order chi connectivity index (χ0) is 13.0. The minimum Gasteiger partial charge on any atom is -0.381 e. The molecule has 0 saturated carbocycles. The molecule has 0 amide bonds. The van der Waals surface area contributed by atoms with Gasteiger partial charge in [0.2, 0.25) is 0 Å². The van der Waals surface area contributed by atoms with Crippen molar-refractivity contribution in [2.45, 2.75) is 38.5 Å². The van der Waals surface area contributed by atoms with Crippen molar-refractivity contribution in [2.75, 3.05) is 29.1 Å². The first-order valence-electron chi connectivity index (χ1n) is 6.97. The monoisotopic (exact) mass is 264 g/mol. The Morgan fingerprint density at radius 2 is 1.89 bits per heavy atom. The lowest BCUT2D eigenvalue weighted by molar-refractivity contribution is 0.724. The van der Waals surface area contributed by atoms with Crippen molar-refractivity contribution in [3.05, 3.63) is 24.3 Å². The predicted molar refractivity (Wildman–Crippen MR) is 84.0 cm³/mol. The molecule has 1 saturated heterocycles. The molecule has 0 radical (unpaired) electrons. The fourth-order valence-corrected chi connectivity index (χ4v) is 3.69. The molecule has 1 aliphatic heterocycles. The van der Waals surface area contributed by atoms with Gasteiger partial charge in [0.1, 0.15) is 0 Å². The van der Waals surface area contributed by atoms with Crippen molar-refractivity contribution in [1.82, 2.24) is 0 Å². The summed E-state index contributed by atoms with van der Waals surface area (Å²) in [5, 5.41) is 4.38. The maximum absolute atomic E-state index is 3.65. The summed E-state index contributed by atoms with van der Waals surface area (Å²) in [6, 6.07) is 9.51. The molecular weight excluding hydrogens is 240 g/mol. The Labute approximate surface area is 115 Å². The highest BCUT2D eigenvalue weighted by atomic mass is 32.2. The summed E-state index contributed by atoms with van der Waals surface area (Å²) in [5.41, 5.74) is 2.57. The second kappa shape index (κ2) is 6.37. The van der Waals surface area contributed by atoms with Crippen molar-refractivity contribution in [1.29, 1.82) is 0 Å². The molecule has 0 bridgehead atoms. The number of nitrogens with one attached hydrogen (secondary N) is 1. The van der Waals surface area contributed by atoms with E-state index >= 15 is 0 Å². The molecule has 1 aromatic carbocycles. The van der Waals surface area contributed by atoms with E-state index in [9.17, 15) is 0 Å². The standard InChI is InChI=1S/C15H24N2S/c1-4-17(5-2)14-8-6-13(7-9-14)16-15-10-11-18-12(15)3/h6-9,12,15-16H,4-5,10-11H2,1-3H3. The molecule has 3 heteroatoms. The van der Waals surface area contributed by atoms with E-state index in [0.717, 1.165) is 18.3 Å². The van der Waals surface area contributed by atoms with E-state index in [2.05, 4.69) is 67.0 Å². The van der Waals surface area contributed by atoms with Crippen LogP contribution in [0.15, 0.2) is 24.3 Å². The van der Waals surface area contributed by atoms with Crippen LogP contribution in [0.25, 0.3) is 0 Å². The third-order valence-electron chi connectivity index (χ3n) is 3.72. The highest BCUT2D eigenvalue weighted by Crippen LogP contribution is 2.29. The average molecular weight is 264 g/mol. The van der Waals surface area contributed by atoms with E-state index in [0.29, 0.717) is 6.04 Å². The van der Waals surface area contributed by atoms with Crippen LogP contribution in [0.2, 0.25) is 0 Å². The topological polar surface area (TPSA) is 15.3 Å². The molecule has 1 heterocycles. The molecule has 2 nitrogen and oxygen atoms in total. The van der Waals surface area contributed by atoms with Crippen LogP contribution in [0.1, 0.15) is 27.2 Å². The highest BCUT2D eigenvalue weighted by molar-refractivity contribution is 8.00. The lowest BCUT2D eigenvalue weighted by Gasteiger charge is -2.22. The highest BCUT2D eigenvalue weighted by Gasteiger charge is 2.23. The van der Waals surface area contributed by atoms with Crippen LogP contribution >= 0.6 is 11.8 Å². The fraction of sp³-hybridized carbons (Fsp3) is 0.600. The summed E-state index contributed by atoms with van der Waals surface area (Å²) in [5.74, 6) is 1.29. The second-order valence-electron chi connectivity index (χ2n) is 4.83. The maximum atomic E-state index is 3.65. The second-order valence-corrected chi connectivity index (χ2v) is 6.32. The number of hydrogen-bond donors (Lipinski definition) is 1. The van der Waals surface area contributed by atoms with Gasteiger partial charge >= 0.3 is 0 Å². The summed E-state index contributed by atoms with van der Waals surface area (Å²) in [6.45, 7) is 8.86. The SMILES string of the molecule is CCN(CC)c1ccc(NC2CCSC2C)cc1. The Bertz CT molecular complexity index is 359. The van der Waals surface area contributed by atoms with E-state index in [1.807, 2.05) is 0 Å². The molecule has 1 N–H and O–H groups in total. The van der Waals surface area contributed by atoms with Crippen molar-refractivity contribution >= 4 is 23.1 Å². The van der Waals surface area contributed by atoms with Crippen molar-refractivity contribution in [3.63, 3.8) is 0 Å². The third kappa shape index (κ3) is 3.14. The van der Waals surface area contributed by atoms with Gasteiger partial charge in [-0.25, -0.2) is 0 Å². The summed E-state index contributed by atoms with van der Waals surface area (Å²) >= 11 is 2.07. The van der Waals surface area contributed by atoms with Gasteiger partial charge in [0.15, 0.2) is 0 Å². The van der Waals surface area contributed by atoms with Gasteiger partial charge in [-0.3, -0.25) is 0 Å². The van der Waals surface area contributed by atoms with E-state index in [-0.39, 0.29) is 0 Å². The molecule has 0 aromatic heterocycles. The van der Waals surface area contributed by atoms with Crippen molar-refractivity contribution in [2.24, 2.45) is 0 Å². The van der Waals surface area contributed by atoms with E-state index < -0.39 is 0 Å². The third-order valence-corrected chi connectivity index (χ3v) is 5.05. The average Bonchev–Trinajstić information content (AvgIpc) is 2.79. The number of benzene rings is 1. The Hall–Kier alpha value is -0.830. The predicted octanol–water partition coefficient (Wildman–Crippen LogP) is 3.84. The largest absolute Gasteiger partial charge is 0.381 e. The molecule has 18 heavy (non-hydrogen) atoms. The maximum Gasteiger partial charge on any atom is 0.0385 e. The summed E-state index contributed by atoms with van der Waals surface area (Å²) in [4.78, 5) is 2.37. The number of thioether (sulfide) groups is 1. The molecular formula is C15H24N2S. The van der Waals surface area contributed by atoms with Crippen LogP contribution in [0, 0.1) is 0 Å². The molecule has 0 spiro atoms. The van der Waals surface area contributed by atoms with Crippen LogP contribution in [0.3, 0.4) is 0 Å². The Morgan fingerprint density at radius 1 is 1.22 bits per heavy atom. The minimum absolute atomic E-state index is 0.634.